The molecule has 2 rings (SSSR count). The molecular weight excluding hydrogens is 306 g/mol. The Labute approximate surface area is 121 Å². The van der Waals surface area contributed by atoms with Gasteiger partial charge < -0.3 is 9.73 Å². The van der Waals surface area contributed by atoms with Crippen LogP contribution in [0.2, 0.25) is 0 Å². The molecule has 4 nitrogen and oxygen atoms in total. The van der Waals surface area contributed by atoms with Gasteiger partial charge in [-0.05, 0) is 35.0 Å². The second-order valence-corrected chi connectivity index (χ2v) is 6.11. The van der Waals surface area contributed by atoms with E-state index in [4.69, 9.17) is 4.42 Å². The molecule has 0 aliphatic heterocycles. The van der Waals surface area contributed by atoms with Gasteiger partial charge in [-0.15, -0.1) is 0 Å². The van der Waals surface area contributed by atoms with Crippen LogP contribution in [-0.4, -0.2) is 16.5 Å². The van der Waals surface area contributed by atoms with Crippen LogP contribution in [0.3, 0.4) is 0 Å². The van der Waals surface area contributed by atoms with Gasteiger partial charge in [0, 0.05) is 12.0 Å². The number of nitrogens with one attached hydrogen (secondary N) is 1. The van der Waals surface area contributed by atoms with Crippen molar-refractivity contribution < 1.29 is 4.42 Å². The molecule has 0 amide bonds. The van der Waals surface area contributed by atoms with Gasteiger partial charge in [-0.3, -0.25) is 0 Å². The molecule has 2 aromatic heterocycles. The molecule has 0 unspecified atom stereocenters. The molecule has 2 heterocycles. The van der Waals surface area contributed by atoms with E-state index in [1.807, 2.05) is 19.1 Å². The standard InChI is InChI=1S/C14H18BrN3O/c1-5-16-13-10(15)11(14(2,3)4)17-12(18-13)9-7-6-8-19-9/h6-8H,5H2,1-4H3,(H,16,17,18). The first-order valence-electron chi connectivity index (χ1n) is 6.29. The lowest BCUT2D eigenvalue weighted by atomic mass is 9.92. The molecule has 0 saturated heterocycles. The van der Waals surface area contributed by atoms with Crippen LogP contribution in [0.5, 0.6) is 0 Å². The number of nitrogens with zero attached hydrogens (tertiary/aromatic N) is 2. The van der Waals surface area contributed by atoms with E-state index in [0.717, 1.165) is 22.5 Å². The van der Waals surface area contributed by atoms with Gasteiger partial charge in [0.1, 0.15) is 5.82 Å². The topological polar surface area (TPSA) is 51.0 Å². The van der Waals surface area contributed by atoms with Gasteiger partial charge in [0.25, 0.3) is 0 Å². The summed E-state index contributed by atoms with van der Waals surface area (Å²) in [6.45, 7) is 9.22. The van der Waals surface area contributed by atoms with Gasteiger partial charge in [0.15, 0.2) is 11.6 Å². The molecule has 102 valence electrons. The van der Waals surface area contributed by atoms with Gasteiger partial charge in [-0.1, -0.05) is 20.8 Å². The van der Waals surface area contributed by atoms with E-state index in [-0.39, 0.29) is 5.41 Å². The summed E-state index contributed by atoms with van der Waals surface area (Å²) in [5.41, 5.74) is 0.887. The molecule has 0 aliphatic carbocycles. The van der Waals surface area contributed by atoms with E-state index in [9.17, 15) is 0 Å². The largest absolute Gasteiger partial charge is 0.461 e. The Morgan fingerprint density at radius 2 is 2.05 bits per heavy atom. The Balaban J connectivity index is 2.61. The molecule has 1 N–H and O–H groups in total. The van der Waals surface area contributed by atoms with E-state index in [1.165, 1.54) is 0 Å². The molecule has 2 aromatic rings. The third-order valence-corrected chi connectivity index (χ3v) is 3.40. The number of halogens is 1. The van der Waals surface area contributed by atoms with E-state index in [2.05, 4.69) is 52.0 Å². The predicted octanol–water partition coefficient (Wildman–Crippen LogP) is 4.23. The molecule has 0 bridgehead atoms. The fourth-order valence-electron chi connectivity index (χ4n) is 1.74. The van der Waals surface area contributed by atoms with Crippen LogP contribution in [0, 0.1) is 0 Å². The minimum atomic E-state index is -0.0761. The van der Waals surface area contributed by atoms with Crippen molar-refractivity contribution in [3.05, 3.63) is 28.6 Å². The minimum Gasteiger partial charge on any atom is -0.461 e. The SMILES string of the molecule is CCNc1nc(-c2ccco2)nc(C(C)(C)C)c1Br. The number of rotatable bonds is 3. The highest BCUT2D eigenvalue weighted by atomic mass is 79.9. The van der Waals surface area contributed by atoms with Crippen molar-refractivity contribution in [1.82, 2.24) is 9.97 Å². The van der Waals surface area contributed by atoms with Crippen molar-refractivity contribution in [2.75, 3.05) is 11.9 Å². The fourth-order valence-corrected chi connectivity index (χ4v) is 2.66. The summed E-state index contributed by atoms with van der Waals surface area (Å²) >= 11 is 3.60. The molecule has 0 saturated carbocycles. The van der Waals surface area contributed by atoms with Crippen LogP contribution in [0.4, 0.5) is 5.82 Å². The van der Waals surface area contributed by atoms with Crippen molar-refractivity contribution >= 4 is 21.7 Å². The molecule has 0 atom stereocenters. The Bertz CT molecular complexity index is 559. The normalized spacial score (nSPS) is 11.6. The van der Waals surface area contributed by atoms with Crippen molar-refractivity contribution in [3.8, 4) is 11.6 Å². The first-order chi connectivity index (χ1) is 8.93. The Kier molecular flexibility index (Phi) is 3.94. The first-order valence-corrected chi connectivity index (χ1v) is 7.08. The molecule has 0 spiro atoms. The van der Waals surface area contributed by atoms with Crippen molar-refractivity contribution in [2.24, 2.45) is 0 Å². The molecule has 0 radical (unpaired) electrons. The van der Waals surface area contributed by atoms with E-state index >= 15 is 0 Å². The number of anilines is 1. The lowest BCUT2D eigenvalue weighted by Gasteiger charge is -2.21. The number of furan rings is 1. The zero-order valence-electron chi connectivity index (χ0n) is 11.6. The average molecular weight is 324 g/mol. The van der Waals surface area contributed by atoms with Crippen LogP contribution >= 0.6 is 15.9 Å². The van der Waals surface area contributed by atoms with E-state index < -0.39 is 0 Å². The molecule has 19 heavy (non-hydrogen) atoms. The van der Waals surface area contributed by atoms with E-state index in [1.54, 1.807) is 6.26 Å². The molecule has 5 heteroatoms. The molecule has 0 aliphatic rings. The summed E-state index contributed by atoms with van der Waals surface area (Å²) in [7, 11) is 0. The number of aromatic nitrogens is 2. The first kappa shape index (κ1) is 14.1. The Hall–Kier alpha value is -1.36. The van der Waals surface area contributed by atoms with E-state index in [0.29, 0.717) is 11.6 Å². The molecular formula is C14H18BrN3O. The van der Waals surface area contributed by atoms with Crippen LogP contribution in [0.1, 0.15) is 33.4 Å². The maximum Gasteiger partial charge on any atom is 0.197 e. The number of hydrogen-bond donors (Lipinski definition) is 1. The van der Waals surface area contributed by atoms with Gasteiger partial charge in [0.05, 0.1) is 16.4 Å². The zero-order valence-corrected chi connectivity index (χ0v) is 13.2. The highest BCUT2D eigenvalue weighted by Gasteiger charge is 2.24. The van der Waals surface area contributed by atoms with Gasteiger partial charge >= 0.3 is 0 Å². The summed E-state index contributed by atoms with van der Waals surface area (Å²) in [5, 5.41) is 3.25. The minimum absolute atomic E-state index is 0.0761. The third-order valence-electron chi connectivity index (χ3n) is 2.65. The van der Waals surface area contributed by atoms with Crippen molar-refractivity contribution in [2.45, 2.75) is 33.1 Å². The maximum atomic E-state index is 5.39. The van der Waals surface area contributed by atoms with Crippen LogP contribution in [0.15, 0.2) is 27.3 Å². The summed E-state index contributed by atoms with van der Waals surface area (Å²) in [6, 6.07) is 3.70. The quantitative estimate of drug-likeness (QED) is 0.918. The van der Waals surface area contributed by atoms with Crippen LogP contribution in [0.25, 0.3) is 11.6 Å². The zero-order chi connectivity index (χ0) is 14.0. The highest BCUT2D eigenvalue weighted by molar-refractivity contribution is 9.10. The molecule has 0 aromatic carbocycles. The second kappa shape index (κ2) is 5.33. The third kappa shape index (κ3) is 2.97. The monoisotopic (exact) mass is 323 g/mol. The smallest absolute Gasteiger partial charge is 0.197 e. The fraction of sp³-hybridized carbons (Fsp3) is 0.429. The van der Waals surface area contributed by atoms with Gasteiger partial charge in [-0.2, -0.15) is 0 Å². The Morgan fingerprint density at radius 3 is 2.58 bits per heavy atom. The number of hydrogen-bond acceptors (Lipinski definition) is 4. The summed E-state index contributed by atoms with van der Waals surface area (Å²) in [5.74, 6) is 2.08. The Morgan fingerprint density at radius 1 is 1.32 bits per heavy atom. The summed E-state index contributed by atoms with van der Waals surface area (Å²) in [4.78, 5) is 9.15. The second-order valence-electron chi connectivity index (χ2n) is 5.32. The average Bonchev–Trinajstić information content (AvgIpc) is 2.84. The summed E-state index contributed by atoms with van der Waals surface area (Å²) < 4.78 is 6.31. The summed E-state index contributed by atoms with van der Waals surface area (Å²) in [6.07, 6.45) is 1.63. The highest BCUT2D eigenvalue weighted by Crippen LogP contribution is 2.34. The lowest BCUT2D eigenvalue weighted by molar-refractivity contribution is 0.554. The van der Waals surface area contributed by atoms with Crippen molar-refractivity contribution in [3.63, 3.8) is 0 Å². The lowest BCUT2D eigenvalue weighted by Crippen LogP contribution is -2.17. The predicted molar refractivity (Wildman–Crippen MR) is 80.3 cm³/mol. The van der Waals surface area contributed by atoms with Gasteiger partial charge in [-0.25, -0.2) is 9.97 Å². The maximum absolute atomic E-state index is 5.39. The van der Waals surface area contributed by atoms with Crippen molar-refractivity contribution in [1.29, 1.82) is 0 Å². The van der Waals surface area contributed by atoms with Gasteiger partial charge in [0.2, 0.25) is 0 Å². The van der Waals surface area contributed by atoms with Crippen LogP contribution in [-0.2, 0) is 5.41 Å². The molecule has 0 fully saturated rings. The van der Waals surface area contributed by atoms with Crippen LogP contribution < -0.4 is 5.32 Å².